The predicted molar refractivity (Wildman–Crippen MR) is 28.5 cm³/mol. The molecule has 0 rings (SSSR count). The Kier molecular flexibility index (Phi) is 149. The van der Waals surface area contributed by atoms with Gasteiger partial charge in [0.25, 0.3) is 0 Å². The minimum atomic E-state index is 0. The Hall–Kier alpha value is 2.74. The maximum Gasteiger partial charge on any atom is 0 e. The fourth-order valence-electron chi connectivity index (χ4n) is 0. The van der Waals surface area contributed by atoms with Gasteiger partial charge in [0.1, 0.15) is 0 Å². The van der Waals surface area contributed by atoms with E-state index in [0.29, 0.717) is 0 Å². The van der Waals surface area contributed by atoms with Crippen molar-refractivity contribution in [3.05, 3.63) is 13.2 Å². The van der Waals surface area contributed by atoms with Crippen LogP contribution in [0.2, 0.25) is 0 Å². The van der Waals surface area contributed by atoms with Crippen LogP contribution in [-0.2, 0) is 0 Å². The SMILES string of the molecule is C=C.[Na].[Na].[Na]. The van der Waals surface area contributed by atoms with Crippen LogP contribution in [0.4, 0.5) is 0 Å². The Morgan fingerprint density at radius 2 is 0.600 bits per heavy atom. The average Bonchev–Trinajstić information content (AvgIpc) is 1.00. The van der Waals surface area contributed by atoms with Crippen LogP contribution in [0.15, 0.2) is 13.2 Å². The van der Waals surface area contributed by atoms with Crippen molar-refractivity contribution in [2.45, 2.75) is 0 Å². The van der Waals surface area contributed by atoms with Crippen molar-refractivity contribution in [2.75, 3.05) is 0 Å². The zero-order valence-corrected chi connectivity index (χ0v) is 10.4. The average molecular weight is 97.0 g/mol. The predicted octanol–water partition coefficient (Wildman–Crippen LogP) is -0.340. The molecule has 0 amide bonds. The van der Waals surface area contributed by atoms with Crippen LogP contribution in [0.5, 0.6) is 0 Å². The molecule has 0 aliphatic carbocycles. The van der Waals surface area contributed by atoms with Crippen molar-refractivity contribution < 1.29 is 0 Å². The van der Waals surface area contributed by atoms with E-state index in [1.165, 1.54) is 0 Å². The zero-order chi connectivity index (χ0) is 2.00. The molecule has 0 nitrogen and oxygen atoms in total. The quantitative estimate of drug-likeness (QED) is 0.286. The molecule has 0 heterocycles. The molecule has 0 bridgehead atoms. The first kappa shape index (κ1) is 25.1. The van der Waals surface area contributed by atoms with E-state index in [0.717, 1.165) is 0 Å². The molecule has 0 aliphatic heterocycles. The molecule has 0 fully saturated rings. The van der Waals surface area contributed by atoms with E-state index < -0.39 is 0 Å². The molecule has 5 heavy (non-hydrogen) atoms. The van der Waals surface area contributed by atoms with Gasteiger partial charge in [0.15, 0.2) is 0 Å². The van der Waals surface area contributed by atoms with E-state index in [1.54, 1.807) is 0 Å². The van der Waals surface area contributed by atoms with Gasteiger partial charge >= 0.3 is 0 Å². The van der Waals surface area contributed by atoms with Crippen LogP contribution in [0.25, 0.3) is 0 Å². The molecule has 0 spiro atoms. The zero-order valence-electron chi connectivity index (χ0n) is 4.41. The van der Waals surface area contributed by atoms with Gasteiger partial charge in [-0.05, 0) is 0 Å². The Labute approximate surface area is 99.7 Å². The second-order valence-electron chi connectivity index (χ2n) is 0. The molecule has 0 saturated heterocycles. The molecule has 0 aromatic heterocycles. The van der Waals surface area contributed by atoms with Crippen molar-refractivity contribution in [3.8, 4) is 0 Å². The standard InChI is InChI=1S/C2H4.3Na/c1-2;;;/h1-2H2;;;. The second-order valence-corrected chi connectivity index (χ2v) is 0. The van der Waals surface area contributed by atoms with Gasteiger partial charge in [0.2, 0.25) is 0 Å². The van der Waals surface area contributed by atoms with E-state index in [-0.39, 0.29) is 88.7 Å². The summed E-state index contributed by atoms with van der Waals surface area (Å²) in [4.78, 5) is 0. The summed E-state index contributed by atoms with van der Waals surface area (Å²) >= 11 is 0. The summed E-state index contributed by atoms with van der Waals surface area (Å²) in [5, 5.41) is 0. The van der Waals surface area contributed by atoms with E-state index in [2.05, 4.69) is 13.2 Å². The van der Waals surface area contributed by atoms with Gasteiger partial charge in [0.05, 0.1) is 0 Å². The van der Waals surface area contributed by atoms with Gasteiger partial charge < -0.3 is 0 Å². The normalized spacial score (nSPS) is 0.800. The molecule has 0 aliphatic rings. The Morgan fingerprint density at radius 1 is 0.600 bits per heavy atom. The van der Waals surface area contributed by atoms with E-state index in [1.807, 2.05) is 0 Å². The second kappa shape index (κ2) is 29.6. The van der Waals surface area contributed by atoms with E-state index in [9.17, 15) is 0 Å². The van der Waals surface area contributed by atoms with E-state index >= 15 is 0 Å². The van der Waals surface area contributed by atoms with Gasteiger partial charge in [0, 0.05) is 88.7 Å². The van der Waals surface area contributed by atoms with Crippen molar-refractivity contribution in [1.82, 2.24) is 0 Å². The maximum atomic E-state index is 3.00. The van der Waals surface area contributed by atoms with Crippen LogP contribution in [0.3, 0.4) is 0 Å². The Bertz CT molecular complexity index is 4.85. The first-order chi connectivity index (χ1) is 1.00. The van der Waals surface area contributed by atoms with Gasteiger partial charge in [-0.15, -0.1) is 13.2 Å². The minimum Gasteiger partial charge on any atom is -0.106 e. The third-order valence-electron chi connectivity index (χ3n) is 0. The first-order valence-corrected chi connectivity index (χ1v) is 0.500. The molecule has 0 saturated carbocycles. The van der Waals surface area contributed by atoms with Crippen molar-refractivity contribution in [2.24, 2.45) is 0 Å². The molecular weight excluding hydrogens is 93.0 g/mol. The van der Waals surface area contributed by atoms with Gasteiger partial charge in [-0.25, -0.2) is 0 Å². The summed E-state index contributed by atoms with van der Waals surface area (Å²) < 4.78 is 0. The topological polar surface area (TPSA) is 0 Å². The summed E-state index contributed by atoms with van der Waals surface area (Å²) in [5.41, 5.74) is 0. The molecule has 0 aromatic rings. The molecule has 0 aromatic carbocycles. The van der Waals surface area contributed by atoms with Crippen LogP contribution >= 0.6 is 0 Å². The summed E-state index contributed by atoms with van der Waals surface area (Å²) in [5.74, 6) is 0. The van der Waals surface area contributed by atoms with Crippen LogP contribution < -0.4 is 0 Å². The Morgan fingerprint density at radius 3 is 0.600 bits per heavy atom. The van der Waals surface area contributed by atoms with Crippen molar-refractivity contribution >= 4 is 88.7 Å². The van der Waals surface area contributed by atoms with Gasteiger partial charge in [-0.2, -0.15) is 0 Å². The summed E-state index contributed by atoms with van der Waals surface area (Å²) in [7, 11) is 0. The summed E-state index contributed by atoms with van der Waals surface area (Å²) in [6.07, 6.45) is 0. The number of hydrogen-bond donors (Lipinski definition) is 0. The maximum absolute atomic E-state index is 3.00. The smallest absolute Gasteiger partial charge is 0 e. The molecule has 3 heteroatoms. The third-order valence-corrected chi connectivity index (χ3v) is 0. The van der Waals surface area contributed by atoms with E-state index in [4.69, 9.17) is 0 Å². The van der Waals surface area contributed by atoms with Crippen molar-refractivity contribution in [3.63, 3.8) is 0 Å². The monoisotopic (exact) mass is 97.0 g/mol. The first-order valence-electron chi connectivity index (χ1n) is 0.500. The Balaban J connectivity index is -0.00000000167. The molecule has 0 unspecified atom stereocenters. The fraction of sp³-hybridized carbons (Fsp3) is 0. The van der Waals surface area contributed by atoms with Crippen LogP contribution in [-0.4, -0.2) is 88.7 Å². The summed E-state index contributed by atoms with van der Waals surface area (Å²) in [6, 6.07) is 0. The number of rotatable bonds is 0. The van der Waals surface area contributed by atoms with Crippen LogP contribution in [0, 0.1) is 0 Å². The number of hydrogen-bond acceptors (Lipinski definition) is 0. The molecule has 15 valence electrons. The molecular formula is C2H4Na3. The van der Waals surface area contributed by atoms with Gasteiger partial charge in [-0.3, -0.25) is 0 Å². The van der Waals surface area contributed by atoms with Gasteiger partial charge in [-0.1, -0.05) is 0 Å². The summed E-state index contributed by atoms with van der Waals surface area (Å²) in [6.45, 7) is 6.00. The van der Waals surface area contributed by atoms with Crippen molar-refractivity contribution in [1.29, 1.82) is 0 Å². The third kappa shape index (κ3) is 20.2. The molecule has 0 atom stereocenters. The molecule has 3 radical (unpaired) electrons. The minimum absolute atomic E-state index is 0. The fourth-order valence-corrected chi connectivity index (χ4v) is 0. The molecule has 0 N–H and O–H groups in total. The largest absolute Gasteiger partial charge is 0.106 e. The van der Waals surface area contributed by atoms with Crippen LogP contribution in [0.1, 0.15) is 0 Å².